The lowest BCUT2D eigenvalue weighted by molar-refractivity contribution is -0.142. The van der Waals surface area contributed by atoms with Gasteiger partial charge in [0.1, 0.15) is 5.69 Å². The zero-order chi connectivity index (χ0) is 15.4. The van der Waals surface area contributed by atoms with Crippen LogP contribution in [0.15, 0.2) is 24.3 Å². The van der Waals surface area contributed by atoms with Gasteiger partial charge in [0.2, 0.25) is 0 Å². The monoisotopic (exact) mass is 290 g/mol. The fourth-order valence-electron chi connectivity index (χ4n) is 2.09. The summed E-state index contributed by atoms with van der Waals surface area (Å²) in [7, 11) is 1.88. The lowest BCUT2D eigenvalue weighted by Gasteiger charge is -2.18. The van der Waals surface area contributed by atoms with E-state index in [9.17, 15) is 9.59 Å². The van der Waals surface area contributed by atoms with Crippen molar-refractivity contribution in [2.75, 3.05) is 25.1 Å². The van der Waals surface area contributed by atoms with Gasteiger partial charge in [-0.2, -0.15) is 0 Å². The van der Waals surface area contributed by atoms with Gasteiger partial charge in [0, 0.05) is 30.2 Å². The van der Waals surface area contributed by atoms with E-state index in [0.717, 1.165) is 16.6 Å². The molecule has 0 aliphatic rings. The summed E-state index contributed by atoms with van der Waals surface area (Å²) in [6, 6.07) is 7.21. The molecule has 112 valence electrons. The van der Waals surface area contributed by atoms with Crippen LogP contribution in [0.25, 0.3) is 10.9 Å². The van der Waals surface area contributed by atoms with Crippen molar-refractivity contribution in [1.29, 1.82) is 0 Å². The molecule has 2 N–H and O–H groups in total. The van der Waals surface area contributed by atoms with Gasteiger partial charge in [0.05, 0.1) is 13.0 Å². The minimum Gasteiger partial charge on any atom is -0.477 e. The first-order valence-electron chi connectivity index (χ1n) is 6.74. The number of carbonyl (C=O) groups excluding carboxylic acids is 1. The number of ether oxygens (including phenoxy) is 1. The predicted molar refractivity (Wildman–Crippen MR) is 79.8 cm³/mol. The Kier molecular flexibility index (Phi) is 4.47. The number of hydrogen-bond donors (Lipinski definition) is 2. The van der Waals surface area contributed by atoms with Gasteiger partial charge in [-0.1, -0.05) is 0 Å². The number of carbonyl (C=O) groups is 2. The van der Waals surface area contributed by atoms with Crippen LogP contribution in [-0.4, -0.2) is 42.2 Å². The van der Waals surface area contributed by atoms with Crippen molar-refractivity contribution in [3.05, 3.63) is 30.0 Å². The summed E-state index contributed by atoms with van der Waals surface area (Å²) in [5.74, 6) is -1.20. The molecule has 6 heteroatoms. The minimum atomic E-state index is -0.983. The third kappa shape index (κ3) is 3.53. The molecule has 1 aromatic heterocycles. The van der Waals surface area contributed by atoms with Crippen LogP contribution in [-0.2, 0) is 9.53 Å². The van der Waals surface area contributed by atoms with Crippen LogP contribution < -0.4 is 4.90 Å². The highest BCUT2D eigenvalue weighted by Crippen LogP contribution is 2.22. The number of nitrogens with one attached hydrogen (secondary N) is 1. The molecule has 6 nitrogen and oxygen atoms in total. The van der Waals surface area contributed by atoms with E-state index < -0.39 is 5.97 Å². The van der Waals surface area contributed by atoms with Gasteiger partial charge in [0.25, 0.3) is 0 Å². The van der Waals surface area contributed by atoms with Crippen molar-refractivity contribution >= 4 is 28.5 Å². The fourth-order valence-corrected chi connectivity index (χ4v) is 2.09. The maximum Gasteiger partial charge on any atom is 0.352 e. The van der Waals surface area contributed by atoms with Crippen LogP contribution >= 0.6 is 0 Å². The summed E-state index contributed by atoms with van der Waals surface area (Å²) in [5, 5.41) is 9.79. The summed E-state index contributed by atoms with van der Waals surface area (Å²) in [6.07, 6.45) is 0.315. The molecule has 0 saturated carbocycles. The number of rotatable bonds is 6. The van der Waals surface area contributed by atoms with Gasteiger partial charge in [-0.3, -0.25) is 4.79 Å². The quantitative estimate of drug-likeness (QED) is 0.797. The normalized spacial score (nSPS) is 10.6. The Morgan fingerprint density at radius 3 is 2.76 bits per heavy atom. The van der Waals surface area contributed by atoms with E-state index in [2.05, 4.69) is 4.98 Å². The van der Waals surface area contributed by atoms with Crippen molar-refractivity contribution in [2.45, 2.75) is 13.3 Å². The lowest BCUT2D eigenvalue weighted by atomic mass is 10.2. The van der Waals surface area contributed by atoms with Crippen molar-refractivity contribution in [1.82, 2.24) is 4.98 Å². The smallest absolute Gasteiger partial charge is 0.352 e. The fraction of sp³-hybridized carbons (Fsp3) is 0.333. The first-order valence-corrected chi connectivity index (χ1v) is 6.74. The summed E-state index contributed by atoms with van der Waals surface area (Å²) in [6.45, 7) is 2.71. The number of hydrogen-bond acceptors (Lipinski definition) is 4. The van der Waals surface area contributed by atoms with Crippen molar-refractivity contribution in [3.8, 4) is 0 Å². The Hall–Kier alpha value is -2.50. The van der Waals surface area contributed by atoms with Crippen molar-refractivity contribution in [2.24, 2.45) is 0 Å². The Balaban J connectivity index is 2.10. The Labute approximate surface area is 122 Å². The standard InChI is InChI=1S/C15H18N2O4/c1-3-21-14(18)6-7-17(2)11-4-5-12-10(8-11)9-13(16-12)15(19)20/h4-5,8-9,16H,3,6-7H2,1-2H3,(H,19,20). The number of fused-ring (bicyclic) bond motifs is 1. The second-order valence-corrected chi connectivity index (χ2v) is 4.74. The second-order valence-electron chi connectivity index (χ2n) is 4.74. The largest absolute Gasteiger partial charge is 0.477 e. The molecule has 0 bridgehead atoms. The van der Waals surface area contributed by atoms with E-state index in [1.54, 1.807) is 13.0 Å². The van der Waals surface area contributed by atoms with E-state index in [4.69, 9.17) is 9.84 Å². The van der Waals surface area contributed by atoms with Gasteiger partial charge >= 0.3 is 11.9 Å². The number of carboxylic acids is 1. The summed E-state index contributed by atoms with van der Waals surface area (Å²) in [4.78, 5) is 27.1. The Morgan fingerprint density at radius 2 is 2.10 bits per heavy atom. The predicted octanol–water partition coefficient (Wildman–Crippen LogP) is 2.26. The molecule has 0 aliphatic carbocycles. The number of nitrogens with zero attached hydrogens (tertiary/aromatic N) is 1. The van der Waals surface area contributed by atoms with E-state index >= 15 is 0 Å². The molecular formula is C15H18N2O4. The average Bonchev–Trinajstić information content (AvgIpc) is 2.88. The molecule has 0 spiro atoms. The maximum absolute atomic E-state index is 11.4. The average molecular weight is 290 g/mol. The second kappa shape index (κ2) is 6.30. The molecule has 1 aromatic carbocycles. The molecule has 0 fully saturated rings. The van der Waals surface area contributed by atoms with Crippen LogP contribution in [0.2, 0.25) is 0 Å². The van der Waals surface area contributed by atoms with Gasteiger partial charge in [-0.25, -0.2) is 4.79 Å². The van der Waals surface area contributed by atoms with Crippen molar-refractivity contribution < 1.29 is 19.4 Å². The van der Waals surface area contributed by atoms with Crippen molar-refractivity contribution in [3.63, 3.8) is 0 Å². The summed E-state index contributed by atoms with van der Waals surface area (Å²) >= 11 is 0. The van der Waals surface area contributed by atoms with Gasteiger partial charge in [-0.05, 0) is 31.2 Å². The van der Waals surface area contributed by atoms with E-state index in [-0.39, 0.29) is 11.7 Å². The van der Waals surface area contributed by atoms with E-state index in [0.29, 0.717) is 19.6 Å². The molecule has 0 unspecified atom stereocenters. The molecular weight excluding hydrogens is 272 g/mol. The highest BCUT2D eigenvalue weighted by Gasteiger charge is 2.10. The molecule has 0 saturated heterocycles. The number of aromatic amines is 1. The molecule has 1 heterocycles. The SMILES string of the molecule is CCOC(=O)CCN(C)c1ccc2[nH]c(C(=O)O)cc2c1. The van der Waals surface area contributed by atoms with Gasteiger partial charge < -0.3 is 19.7 Å². The van der Waals surface area contributed by atoms with Crippen LogP contribution in [0, 0.1) is 0 Å². The highest BCUT2D eigenvalue weighted by molar-refractivity contribution is 5.94. The lowest BCUT2D eigenvalue weighted by Crippen LogP contribution is -2.21. The maximum atomic E-state index is 11.4. The Morgan fingerprint density at radius 1 is 1.33 bits per heavy atom. The molecule has 2 aromatic rings. The van der Waals surface area contributed by atoms with E-state index in [1.165, 1.54) is 0 Å². The zero-order valence-electron chi connectivity index (χ0n) is 12.0. The zero-order valence-corrected chi connectivity index (χ0v) is 12.0. The molecule has 21 heavy (non-hydrogen) atoms. The molecule has 0 atom stereocenters. The Bertz CT molecular complexity index is 663. The number of aromatic carboxylic acids is 1. The van der Waals surface area contributed by atoms with Crippen LogP contribution in [0.3, 0.4) is 0 Å². The number of anilines is 1. The van der Waals surface area contributed by atoms with Crippen LogP contribution in [0.4, 0.5) is 5.69 Å². The molecule has 0 radical (unpaired) electrons. The molecule has 2 rings (SSSR count). The third-order valence-electron chi connectivity index (χ3n) is 3.23. The van der Waals surface area contributed by atoms with Gasteiger partial charge in [-0.15, -0.1) is 0 Å². The summed E-state index contributed by atoms with van der Waals surface area (Å²) < 4.78 is 4.89. The topological polar surface area (TPSA) is 82.6 Å². The number of carboxylic acid groups (broad SMARTS) is 1. The first kappa shape index (κ1) is 14.9. The van der Waals surface area contributed by atoms with Gasteiger partial charge in [0.15, 0.2) is 0 Å². The highest BCUT2D eigenvalue weighted by atomic mass is 16.5. The summed E-state index contributed by atoms with van der Waals surface area (Å²) in [5.41, 5.74) is 1.86. The number of aromatic nitrogens is 1. The first-order chi connectivity index (χ1) is 10.0. The number of H-pyrrole nitrogens is 1. The molecule has 0 amide bonds. The van der Waals surface area contributed by atoms with E-state index in [1.807, 2.05) is 30.1 Å². The number of benzene rings is 1. The third-order valence-corrected chi connectivity index (χ3v) is 3.23. The minimum absolute atomic E-state index is 0.163. The number of esters is 1. The molecule has 0 aliphatic heterocycles. The van der Waals surface area contributed by atoms with Crippen LogP contribution in [0.5, 0.6) is 0 Å². The van der Waals surface area contributed by atoms with Crippen LogP contribution in [0.1, 0.15) is 23.8 Å².